The Morgan fingerprint density at radius 2 is 2.03 bits per heavy atom. The molecule has 1 aliphatic rings. The molecule has 0 saturated heterocycles. The molecule has 7 nitrogen and oxygen atoms in total. The van der Waals surface area contributed by atoms with Gasteiger partial charge in [-0.3, -0.25) is 4.79 Å². The van der Waals surface area contributed by atoms with Crippen LogP contribution in [-0.4, -0.2) is 35.4 Å². The Kier molecular flexibility index (Phi) is 6.99. The van der Waals surface area contributed by atoms with Crippen LogP contribution in [0.5, 0.6) is 11.5 Å². The zero-order chi connectivity index (χ0) is 22.7. The van der Waals surface area contributed by atoms with E-state index in [9.17, 15) is 14.7 Å². The van der Waals surface area contributed by atoms with E-state index >= 15 is 0 Å². The van der Waals surface area contributed by atoms with Gasteiger partial charge in [0.15, 0.2) is 11.5 Å². The lowest BCUT2D eigenvalue weighted by molar-refractivity contribution is -0.114. The highest BCUT2D eigenvalue weighted by atomic mass is 127. The molecular formula is C23H23IN2O5. The fourth-order valence-corrected chi connectivity index (χ4v) is 3.83. The van der Waals surface area contributed by atoms with Gasteiger partial charge in [0.2, 0.25) is 0 Å². The molecular weight excluding hydrogens is 511 g/mol. The second kappa shape index (κ2) is 9.51. The van der Waals surface area contributed by atoms with Crippen molar-refractivity contribution in [2.45, 2.75) is 33.8 Å². The molecule has 0 radical (unpaired) electrons. The first-order chi connectivity index (χ1) is 14.7. The van der Waals surface area contributed by atoms with Gasteiger partial charge in [-0.2, -0.15) is 10.1 Å². The molecule has 0 saturated carbocycles. The summed E-state index contributed by atoms with van der Waals surface area (Å²) in [7, 11) is 0. The SMILES string of the molecule is CCOc1cc(C=C2C(=O)N(c3cccc(C(=O)O)c3)N=C2C)cc(I)c1OC(C)C. The smallest absolute Gasteiger partial charge is 0.335 e. The molecule has 2 aromatic carbocycles. The minimum Gasteiger partial charge on any atom is -0.490 e. The fraction of sp³-hybridized carbons (Fsp3) is 0.261. The van der Waals surface area contributed by atoms with Crippen molar-refractivity contribution < 1.29 is 24.2 Å². The molecule has 1 heterocycles. The molecule has 1 amide bonds. The van der Waals surface area contributed by atoms with Gasteiger partial charge in [-0.15, -0.1) is 0 Å². The predicted molar refractivity (Wildman–Crippen MR) is 128 cm³/mol. The molecule has 0 atom stereocenters. The molecule has 0 fully saturated rings. The second-order valence-electron chi connectivity index (χ2n) is 7.15. The van der Waals surface area contributed by atoms with Gasteiger partial charge < -0.3 is 14.6 Å². The summed E-state index contributed by atoms with van der Waals surface area (Å²) in [4.78, 5) is 24.3. The van der Waals surface area contributed by atoms with Crippen molar-refractivity contribution in [2.75, 3.05) is 11.6 Å². The molecule has 0 spiro atoms. The van der Waals surface area contributed by atoms with Crippen LogP contribution >= 0.6 is 22.6 Å². The van der Waals surface area contributed by atoms with E-state index in [-0.39, 0.29) is 17.6 Å². The summed E-state index contributed by atoms with van der Waals surface area (Å²) in [6.45, 7) is 8.03. The van der Waals surface area contributed by atoms with E-state index < -0.39 is 5.97 Å². The van der Waals surface area contributed by atoms with Crippen LogP contribution < -0.4 is 14.5 Å². The molecule has 1 aliphatic heterocycles. The van der Waals surface area contributed by atoms with E-state index in [0.717, 1.165) is 9.13 Å². The molecule has 8 heteroatoms. The van der Waals surface area contributed by atoms with Gasteiger partial charge in [0.25, 0.3) is 5.91 Å². The Balaban J connectivity index is 1.97. The number of halogens is 1. The van der Waals surface area contributed by atoms with Gasteiger partial charge in [-0.25, -0.2) is 4.79 Å². The largest absolute Gasteiger partial charge is 0.490 e. The predicted octanol–water partition coefficient (Wildman–Crippen LogP) is 4.98. The van der Waals surface area contributed by atoms with Crippen LogP contribution in [-0.2, 0) is 4.79 Å². The lowest BCUT2D eigenvalue weighted by Crippen LogP contribution is -2.21. The average Bonchev–Trinajstić information content (AvgIpc) is 2.99. The number of rotatable bonds is 7. The minimum atomic E-state index is -1.06. The van der Waals surface area contributed by atoms with Gasteiger partial charge in [0.1, 0.15) is 0 Å². The van der Waals surface area contributed by atoms with Gasteiger partial charge >= 0.3 is 5.97 Å². The molecule has 1 N–H and O–H groups in total. The van der Waals surface area contributed by atoms with Crippen molar-refractivity contribution in [2.24, 2.45) is 5.10 Å². The highest BCUT2D eigenvalue weighted by molar-refractivity contribution is 14.1. The molecule has 2 aromatic rings. The highest BCUT2D eigenvalue weighted by Crippen LogP contribution is 2.36. The van der Waals surface area contributed by atoms with E-state index in [1.165, 1.54) is 17.1 Å². The number of nitrogens with zero attached hydrogens (tertiary/aromatic N) is 2. The third-order valence-corrected chi connectivity index (χ3v) is 5.20. The van der Waals surface area contributed by atoms with Crippen molar-refractivity contribution in [3.63, 3.8) is 0 Å². The van der Waals surface area contributed by atoms with Crippen LogP contribution in [0.15, 0.2) is 47.1 Å². The first-order valence-electron chi connectivity index (χ1n) is 9.79. The van der Waals surface area contributed by atoms with Crippen molar-refractivity contribution in [3.05, 3.63) is 56.7 Å². The zero-order valence-corrected chi connectivity index (χ0v) is 19.8. The summed E-state index contributed by atoms with van der Waals surface area (Å²) in [5.41, 5.74) is 2.24. The first-order valence-corrected chi connectivity index (χ1v) is 10.9. The lowest BCUT2D eigenvalue weighted by atomic mass is 10.1. The monoisotopic (exact) mass is 534 g/mol. The van der Waals surface area contributed by atoms with E-state index in [2.05, 4.69) is 27.7 Å². The Morgan fingerprint density at radius 1 is 1.29 bits per heavy atom. The van der Waals surface area contributed by atoms with E-state index in [1.54, 1.807) is 25.1 Å². The van der Waals surface area contributed by atoms with Gasteiger partial charge in [-0.05, 0) is 92.3 Å². The zero-order valence-electron chi connectivity index (χ0n) is 17.7. The Morgan fingerprint density at radius 3 is 2.68 bits per heavy atom. The second-order valence-corrected chi connectivity index (χ2v) is 8.31. The highest BCUT2D eigenvalue weighted by Gasteiger charge is 2.29. The molecule has 0 unspecified atom stereocenters. The van der Waals surface area contributed by atoms with Crippen LogP contribution in [0.4, 0.5) is 5.69 Å². The van der Waals surface area contributed by atoms with E-state index in [0.29, 0.717) is 35.1 Å². The van der Waals surface area contributed by atoms with Crippen molar-refractivity contribution in [3.8, 4) is 11.5 Å². The number of carbonyl (C=O) groups excluding carboxylic acids is 1. The molecule has 3 rings (SSSR count). The Labute approximate surface area is 194 Å². The number of hydrazone groups is 1. The number of benzene rings is 2. The van der Waals surface area contributed by atoms with Gasteiger partial charge in [0.05, 0.1) is 38.8 Å². The van der Waals surface area contributed by atoms with Crippen molar-refractivity contribution in [1.82, 2.24) is 0 Å². The summed E-state index contributed by atoms with van der Waals surface area (Å²) < 4.78 is 12.5. The number of carboxylic acid groups (broad SMARTS) is 1. The topological polar surface area (TPSA) is 88.4 Å². The number of aromatic carboxylic acids is 1. The summed E-state index contributed by atoms with van der Waals surface area (Å²) in [6.07, 6.45) is 1.75. The number of carbonyl (C=O) groups is 2. The van der Waals surface area contributed by atoms with Crippen LogP contribution in [0, 0.1) is 3.57 Å². The maximum Gasteiger partial charge on any atom is 0.335 e. The summed E-state index contributed by atoms with van der Waals surface area (Å²) in [5.74, 6) is -0.0990. The lowest BCUT2D eigenvalue weighted by Gasteiger charge is -2.17. The number of carboxylic acids is 1. The minimum absolute atomic E-state index is 0.00200. The molecule has 0 bridgehead atoms. The number of hydrogen-bond donors (Lipinski definition) is 1. The molecule has 0 aromatic heterocycles. The normalized spacial score (nSPS) is 14.9. The first kappa shape index (κ1) is 22.8. The number of anilines is 1. The van der Waals surface area contributed by atoms with Gasteiger partial charge in [-0.1, -0.05) is 6.07 Å². The maximum atomic E-state index is 13.0. The van der Waals surface area contributed by atoms with Gasteiger partial charge in [0, 0.05) is 0 Å². The van der Waals surface area contributed by atoms with Crippen LogP contribution in [0.3, 0.4) is 0 Å². The number of amides is 1. The summed E-state index contributed by atoms with van der Waals surface area (Å²) >= 11 is 2.19. The van der Waals surface area contributed by atoms with Crippen LogP contribution in [0.1, 0.15) is 43.6 Å². The molecule has 162 valence electrons. The molecule has 31 heavy (non-hydrogen) atoms. The van der Waals surface area contributed by atoms with Crippen LogP contribution in [0.25, 0.3) is 6.08 Å². The van der Waals surface area contributed by atoms with Crippen molar-refractivity contribution in [1.29, 1.82) is 0 Å². The third kappa shape index (κ3) is 5.07. The number of ether oxygens (including phenoxy) is 2. The third-order valence-electron chi connectivity index (χ3n) is 4.40. The average molecular weight is 534 g/mol. The fourth-order valence-electron chi connectivity index (χ4n) is 3.08. The van der Waals surface area contributed by atoms with Crippen LogP contribution in [0.2, 0.25) is 0 Å². The summed E-state index contributed by atoms with van der Waals surface area (Å²) in [5, 5.41) is 14.8. The van der Waals surface area contributed by atoms with E-state index in [1.807, 2.05) is 32.9 Å². The summed E-state index contributed by atoms with van der Waals surface area (Å²) in [6, 6.07) is 9.89. The van der Waals surface area contributed by atoms with E-state index in [4.69, 9.17) is 9.47 Å². The Hall–Kier alpha value is -2.88. The Bertz CT molecular complexity index is 1090. The standard InChI is InChI=1S/C23H23IN2O5/c1-5-30-20-11-15(10-19(24)21(20)31-13(2)3)9-18-14(4)25-26(22(18)27)17-8-6-7-16(12-17)23(28)29/h6-13H,5H2,1-4H3,(H,28,29). The molecule has 0 aliphatic carbocycles. The maximum absolute atomic E-state index is 13.0. The quantitative estimate of drug-likeness (QED) is 0.400. The van der Waals surface area contributed by atoms with Crippen molar-refractivity contribution >= 4 is 51.9 Å². The number of hydrogen-bond acceptors (Lipinski definition) is 5.